The molecule has 0 radical (unpaired) electrons. The molecule has 150 valence electrons. The second-order valence-electron chi connectivity index (χ2n) is 5.90. The first-order valence-electron chi connectivity index (χ1n) is 8.53. The highest BCUT2D eigenvalue weighted by Gasteiger charge is 2.36. The van der Waals surface area contributed by atoms with Crippen LogP contribution in [-0.4, -0.2) is 31.6 Å². The number of anilines is 1. The van der Waals surface area contributed by atoms with E-state index in [0.717, 1.165) is 4.90 Å². The Morgan fingerprint density at radius 3 is 2.48 bits per heavy atom. The molecule has 0 bridgehead atoms. The number of carbonyl (C=O) groups is 3. The summed E-state index contributed by atoms with van der Waals surface area (Å²) in [5, 5.41) is 2.63. The predicted octanol–water partition coefficient (Wildman–Crippen LogP) is 4.18. The lowest BCUT2D eigenvalue weighted by Crippen LogP contribution is -2.54. The predicted molar refractivity (Wildman–Crippen MR) is 112 cm³/mol. The van der Waals surface area contributed by atoms with Crippen LogP contribution in [0.3, 0.4) is 0 Å². The van der Waals surface area contributed by atoms with E-state index in [9.17, 15) is 14.4 Å². The van der Waals surface area contributed by atoms with Gasteiger partial charge in [0.15, 0.2) is 11.5 Å². The normalized spacial score (nSPS) is 15.5. The number of barbiturate groups is 1. The van der Waals surface area contributed by atoms with E-state index in [0.29, 0.717) is 38.9 Å². The van der Waals surface area contributed by atoms with E-state index >= 15 is 0 Å². The molecule has 1 saturated heterocycles. The summed E-state index contributed by atoms with van der Waals surface area (Å²) >= 11 is 9.26. The van der Waals surface area contributed by atoms with E-state index in [1.54, 1.807) is 24.3 Å². The zero-order valence-corrected chi connectivity index (χ0v) is 17.8. The number of imide groups is 2. The molecule has 9 heteroatoms. The van der Waals surface area contributed by atoms with Crippen LogP contribution in [-0.2, 0) is 9.59 Å². The first kappa shape index (κ1) is 20.9. The molecule has 0 aliphatic carbocycles. The third-order valence-corrected chi connectivity index (χ3v) is 4.87. The Balaban J connectivity index is 2.03. The van der Waals surface area contributed by atoms with Gasteiger partial charge in [0.1, 0.15) is 5.57 Å². The highest BCUT2D eigenvalue weighted by atomic mass is 79.9. The van der Waals surface area contributed by atoms with Crippen LogP contribution in [0.25, 0.3) is 6.08 Å². The number of benzene rings is 2. The van der Waals surface area contributed by atoms with Crippen LogP contribution in [0.15, 0.2) is 46.4 Å². The Labute approximate surface area is 180 Å². The molecular formula is C20H16BrClN2O5. The highest BCUT2D eigenvalue weighted by molar-refractivity contribution is 9.10. The molecule has 1 heterocycles. The van der Waals surface area contributed by atoms with Gasteiger partial charge in [-0.05, 0) is 70.9 Å². The van der Waals surface area contributed by atoms with Gasteiger partial charge >= 0.3 is 6.03 Å². The van der Waals surface area contributed by atoms with Gasteiger partial charge in [0.05, 0.1) is 23.9 Å². The van der Waals surface area contributed by atoms with Gasteiger partial charge in [-0.3, -0.25) is 14.9 Å². The van der Waals surface area contributed by atoms with Crippen molar-refractivity contribution in [1.29, 1.82) is 0 Å². The fourth-order valence-corrected chi connectivity index (χ4v) is 3.53. The standard InChI is InChI=1S/C20H16BrClN2O5/c1-3-29-16-10-11(9-15(21)17(16)28-2)8-14-18(25)23-20(27)24(19(14)26)13-6-4-12(22)5-7-13/h4-10H,3H2,1-2H3,(H,23,25,27)/b14-8+. The van der Waals surface area contributed by atoms with E-state index < -0.39 is 17.8 Å². The van der Waals surface area contributed by atoms with Crippen molar-refractivity contribution in [3.8, 4) is 11.5 Å². The summed E-state index contributed by atoms with van der Waals surface area (Å²) in [5.41, 5.74) is 0.616. The van der Waals surface area contributed by atoms with Crippen molar-refractivity contribution < 1.29 is 23.9 Å². The van der Waals surface area contributed by atoms with Crippen molar-refractivity contribution in [1.82, 2.24) is 5.32 Å². The van der Waals surface area contributed by atoms with Crippen LogP contribution in [0.1, 0.15) is 12.5 Å². The minimum atomic E-state index is -0.828. The van der Waals surface area contributed by atoms with E-state index in [4.69, 9.17) is 21.1 Å². The molecule has 0 unspecified atom stereocenters. The molecule has 0 spiro atoms. The maximum Gasteiger partial charge on any atom is 0.335 e. The number of amides is 4. The van der Waals surface area contributed by atoms with Gasteiger partial charge in [0, 0.05) is 5.02 Å². The number of carbonyl (C=O) groups excluding carboxylic acids is 3. The molecule has 29 heavy (non-hydrogen) atoms. The van der Waals surface area contributed by atoms with Gasteiger partial charge < -0.3 is 9.47 Å². The van der Waals surface area contributed by atoms with Crippen molar-refractivity contribution in [2.45, 2.75) is 6.92 Å². The summed E-state index contributed by atoms with van der Waals surface area (Å²) in [6, 6.07) is 8.62. The number of halogens is 2. The smallest absolute Gasteiger partial charge is 0.335 e. The van der Waals surface area contributed by atoms with E-state index in [-0.39, 0.29) is 5.57 Å². The second kappa shape index (κ2) is 8.67. The number of nitrogens with one attached hydrogen (secondary N) is 1. The average molecular weight is 480 g/mol. The lowest BCUT2D eigenvalue weighted by molar-refractivity contribution is -0.122. The number of hydrogen-bond donors (Lipinski definition) is 1. The van der Waals surface area contributed by atoms with Crippen molar-refractivity contribution in [2.24, 2.45) is 0 Å². The summed E-state index contributed by atoms with van der Waals surface area (Å²) in [4.78, 5) is 38.4. The lowest BCUT2D eigenvalue weighted by atomic mass is 10.1. The summed E-state index contributed by atoms with van der Waals surface area (Å²) in [7, 11) is 1.51. The zero-order chi connectivity index (χ0) is 21.1. The molecule has 3 rings (SSSR count). The molecular weight excluding hydrogens is 464 g/mol. The Hall–Kier alpha value is -2.84. The third-order valence-electron chi connectivity index (χ3n) is 4.03. The molecule has 0 saturated carbocycles. The Bertz CT molecular complexity index is 1020. The van der Waals surface area contributed by atoms with Crippen LogP contribution >= 0.6 is 27.5 Å². The average Bonchev–Trinajstić information content (AvgIpc) is 2.67. The van der Waals surface area contributed by atoms with Gasteiger partial charge in [-0.25, -0.2) is 9.69 Å². The SMILES string of the molecule is CCOc1cc(/C=C2\C(=O)NC(=O)N(c3ccc(Cl)cc3)C2=O)cc(Br)c1OC. The Kier molecular flexibility index (Phi) is 6.24. The highest BCUT2D eigenvalue weighted by Crippen LogP contribution is 2.37. The van der Waals surface area contributed by atoms with Crippen molar-refractivity contribution in [2.75, 3.05) is 18.6 Å². The van der Waals surface area contributed by atoms with Crippen LogP contribution < -0.4 is 19.7 Å². The number of methoxy groups -OCH3 is 1. The van der Waals surface area contributed by atoms with Gasteiger partial charge in [0.25, 0.3) is 11.8 Å². The van der Waals surface area contributed by atoms with E-state index in [1.807, 2.05) is 6.92 Å². The van der Waals surface area contributed by atoms with Gasteiger partial charge in [-0.15, -0.1) is 0 Å². The van der Waals surface area contributed by atoms with Crippen molar-refractivity contribution >= 4 is 57.1 Å². The number of urea groups is 1. The molecule has 2 aromatic carbocycles. The molecule has 1 fully saturated rings. The van der Waals surface area contributed by atoms with Gasteiger partial charge in [-0.1, -0.05) is 11.6 Å². The summed E-state index contributed by atoms with van der Waals surface area (Å²) < 4.78 is 11.5. The van der Waals surface area contributed by atoms with Crippen molar-refractivity contribution in [3.05, 3.63) is 57.0 Å². The quantitative estimate of drug-likeness (QED) is 0.514. The maximum atomic E-state index is 12.9. The summed E-state index contributed by atoms with van der Waals surface area (Å²) in [5.74, 6) is -0.585. The molecule has 1 aliphatic rings. The largest absolute Gasteiger partial charge is 0.492 e. The number of ether oxygens (including phenoxy) is 2. The second-order valence-corrected chi connectivity index (χ2v) is 7.19. The van der Waals surface area contributed by atoms with Crippen LogP contribution in [0.4, 0.5) is 10.5 Å². The molecule has 2 aromatic rings. The number of nitrogens with zero attached hydrogens (tertiary/aromatic N) is 1. The summed E-state index contributed by atoms with van der Waals surface area (Å²) in [6.45, 7) is 2.23. The van der Waals surface area contributed by atoms with Gasteiger partial charge in [0.2, 0.25) is 0 Å². The topological polar surface area (TPSA) is 84.9 Å². The van der Waals surface area contributed by atoms with E-state index in [2.05, 4.69) is 21.2 Å². The Morgan fingerprint density at radius 2 is 1.86 bits per heavy atom. The van der Waals surface area contributed by atoms with E-state index in [1.165, 1.54) is 25.3 Å². The fourth-order valence-electron chi connectivity index (χ4n) is 2.78. The molecule has 0 atom stereocenters. The monoisotopic (exact) mass is 478 g/mol. The lowest BCUT2D eigenvalue weighted by Gasteiger charge is -2.26. The third kappa shape index (κ3) is 4.28. The summed E-state index contributed by atoms with van der Waals surface area (Å²) in [6.07, 6.45) is 1.39. The van der Waals surface area contributed by atoms with Crippen molar-refractivity contribution in [3.63, 3.8) is 0 Å². The zero-order valence-electron chi connectivity index (χ0n) is 15.5. The number of hydrogen-bond acceptors (Lipinski definition) is 5. The molecule has 0 aromatic heterocycles. The number of rotatable bonds is 5. The first-order valence-corrected chi connectivity index (χ1v) is 9.70. The molecule has 7 nitrogen and oxygen atoms in total. The van der Waals surface area contributed by atoms with Crippen LogP contribution in [0.2, 0.25) is 5.02 Å². The maximum absolute atomic E-state index is 12.9. The molecule has 4 amide bonds. The molecule has 1 aliphatic heterocycles. The Morgan fingerprint density at radius 1 is 1.17 bits per heavy atom. The van der Waals surface area contributed by atoms with Crippen LogP contribution in [0, 0.1) is 0 Å². The minimum Gasteiger partial charge on any atom is -0.492 e. The van der Waals surface area contributed by atoms with Crippen LogP contribution in [0.5, 0.6) is 11.5 Å². The minimum absolute atomic E-state index is 0.195. The first-order chi connectivity index (χ1) is 13.8. The molecule has 1 N–H and O–H groups in total. The van der Waals surface area contributed by atoms with Gasteiger partial charge in [-0.2, -0.15) is 0 Å². The fraction of sp³-hybridized carbons (Fsp3) is 0.150.